The van der Waals surface area contributed by atoms with Crippen molar-refractivity contribution in [1.29, 1.82) is 0 Å². The van der Waals surface area contributed by atoms with Gasteiger partial charge in [-0.1, -0.05) is 17.8 Å². The van der Waals surface area contributed by atoms with E-state index in [1.807, 2.05) is 38.3 Å². The molecule has 0 unspecified atom stereocenters. The average molecular weight is 341 g/mol. The van der Waals surface area contributed by atoms with Gasteiger partial charge in [-0.2, -0.15) is 0 Å². The van der Waals surface area contributed by atoms with Gasteiger partial charge in [0.2, 0.25) is 0 Å². The first-order valence-corrected chi connectivity index (χ1v) is 8.75. The Bertz CT molecular complexity index is 996. The molecule has 0 aliphatic heterocycles. The molecule has 3 rings (SSSR count). The van der Waals surface area contributed by atoms with Crippen LogP contribution in [0.15, 0.2) is 34.3 Å². The lowest BCUT2D eigenvalue weighted by Crippen LogP contribution is -2.20. The van der Waals surface area contributed by atoms with Crippen LogP contribution >= 0.6 is 11.8 Å². The van der Waals surface area contributed by atoms with Crippen molar-refractivity contribution in [2.75, 3.05) is 13.4 Å². The van der Waals surface area contributed by atoms with Gasteiger partial charge in [-0.3, -0.25) is 9.36 Å². The molecule has 0 aliphatic carbocycles. The fraction of sp³-hybridized carbons (Fsp3) is 0.278. The minimum atomic E-state index is -0.0762. The Labute approximate surface area is 144 Å². The molecule has 0 saturated heterocycles. The summed E-state index contributed by atoms with van der Waals surface area (Å²) in [6.07, 6.45) is 3.68. The van der Waals surface area contributed by atoms with E-state index in [4.69, 9.17) is 4.74 Å². The van der Waals surface area contributed by atoms with E-state index >= 15 is 0 Å². The molecule has 0 fully saturated rings. The molecule has 0 saturated carbocycles. The maximum Gasteiger partial charge on any atom is 0.259 e. The zero-order valence-electron chi connectivity index (χ0n) is 14.4. The van der Waals surface area contributed by atoms with Gasteiger partial charge >= 0.3 is 0 Å². The zero-order chi connectivity index (χ0) is 17.4. The summed E-state index contributed by atoms with van der Waals surface area (Å²) in [5.41, 5.74) is 4.10. The van der Waals surface area contributed by atoms with E-state index in [9.17, 15) is 4.79 Å². The van der Waals surface area contributed by atoms with E-state index in [2.05, 4.69) is 9.97 Å². The SMILES string of the molecule is COc1ccc(C)c(-c2cc3cnc(SC)nc3n(C)c2=O)c1C. The normalized spacial score (nSPS) is 11.0. The number of fused-ring (bicyclic) bond motifs is 1. The van der Waals surface area contributed by atoms with E-state index < -0.39 is 0 Å². The van der Waals surface area contributed by atoms with E-state index in [0.717, 1.165) is 27.8 Å². The third-order valence-electron chi connectivity index (χ3n) is 4.22. The molecule has 2 heterocycles. The van der Waals surface area contributed by atoms with Crippen LogP contribution in [-0.2, 0) is 7.05 Å². The van der Waals surface area contributed by atoms with Gasteiger partial charge in [0.1, 0.15) is 11.4 Å². The van der Waals surface area contributed by atoms with Crippen LogP contribution in [0.2, 0.25) is 0 Å². The smallest absolute Gasteiger partial charge is 0.259 e. The van der Waals surface area contributed by atoms with Gasteiger partial charge in [0.25, 0.3) is 5.56 Å². The molecular weight excluding hydrogens is 322 g/mol. The topological polar surface area (TPSA) is 57.0 Å². The number of aromatic nitrogens is 3. The molecular formula is C18H19N3O2S. The molecule has 3 aromatic rings. The van der Waals surface area contributed by atoms with Crippen LogP contribution in [0.4, 0.5) is 0 Å². The predicted octanol–water partition coefficient (Wildman–Crippen LogP) is 3.34. The molecule has 0 spiro atoms. The molecule has 0 N–H and O–H groups in total. The average Bonchev–Trinajstić information content (AvgIpc) is 2.59. The molecule has 0 aliphatic rings. The fourth-order valence-corrected chi connectivity index (χ4v) is 3.31. The Morgan fingerprint density at radius 2 is 2.00 bits per heavy atom. The van der Waals surface area contributed by atoms with Crippen LogP contribution in [0.25, 0.3) is 22.2 Å². The van der Waals surface area contributed by atoms with E-state index in [-0.39, 0.29) is 5.56 Å². The van der Waals surface area contributed by atoms with Crippen molar-refractivity contribution in [3.8, 4) is 16.9 Å². The summed E-state index contributed by atoms with van der Waals surface area (Å²) < 4.78 is 7.00. The van der Waals surface area contributed by atoms with Crippen molar-refractivity contribution in [3.63, 3.8) is 0 Å². The summed E-state index contributed by atoms with van der Waals surface area (Å²) in [5.74, 6) is 0.770. The Morgan fingerprint density at radius 1 is 1.25 bits per heavy atom. The monoisotopic (exact) mass is 341 g/mol. The molecule has 24 heavy (non-hydrogen) atoms. The van der Waals surface area contributed by atoms with Gasteiger partial charge in [0.15, 0.2) is 5.16 Å². The van der Waals surface area contributed by atoms with Crippen LogP contribution in [-0.4, -0.2) is 27.9 Å². The van der Waals surface area contributed by atoms with Crippen molar-refractivity contribution >= 4 is 22.8 Å². The minimum Gasteiger partial charge on any atom is -0.496 e. The fourth-order valence-electron chi connectivity index (χ4n) is 2.97. The van der Waals surface area contributed by atoms with Crippen molar-refractivity contribution < 1.29 is 4.74 Å². The second kappa shape index (κ2) is 6.28. The van der Waals surface area contributed by atoms with Crippen LogP contribution in [0.1, 0.15) is 11.1 Å². The highest BCUT2D eigenvalue weighted by Gasteiger charge is 2.16. The molecule has 6 heteroatoms. The van der Waals surface area contributed by atoms with Gasteiger partial charge in [-0.05, 0) is 48.9 Å². The molecule has 124 valence electrons. The Morgan fingerprint density at radius 3 is 2.67 bits per heavy atom. The predicted molar refractivity (Wildman–Crippen MR) is 98.0 cm³/mol. The van der Waals surface area contributed by atoms with Crippen LogP contribution < -0.4 is 10.3 Å². The highest BCUT2D eigenvalue weighted by molar-refractivity contribution is 7.98. The zero-order valence-corrected chi connectivity index (χ0v) is 15.2. The van der Waals surface area contributed by atoms with Crippen molar-refractivity contribution in [3.05, 3.63) is 45.9 Å². The largest absolute Gasteiger partial charge is 0.496 e. The minimum absolute atomic E-state index is 0.0762. The summed E-state index contributed by atoms with van der Waals surface area (Å²) in [5, 5.41) is 1.49. The number of methoxy groups -OCH3 is 1. The first-order valence-electron chi connectivity index (χ1n) is 7.53. The van der Waals surface area contributed by atoms with Crippen LogP contribution in [0.3, 0.4) is 0 Å². The Balaban J connectivity index is 2.37. The highest BCUT2D eigenvalue weighted by atomic mass is 32.2. The molecule has 1 aromatic carbocycles. The number of rotatable bonds is 3. The number of nitrogens with zero attached hydrogens (tertiary/aromatic N) is 3. The molecule has 0 atom stereocenters. The third-order valence-corrected chi connectivity index (χ3v) is 4.78. The Kier molecular flexibility index (Phi) is 4.32. The summed E-state index contributed by atoms with van der Waals surface area (Å²) >= 11 is 1.45. The van der Waals surface area contributed by atoms with E-state index in [1.54, 1.807) is 24.9 Å². The second-order valence-electron chi connectivity index (χ2n) is 5.64. The summed E-state index contributed by atoms with van der Waals surface area (Å²) in [4.78, 5) is 21.7. The number of hydrogen-bond acceptors (Lipinski definition) is 5. The third kappa shape index (κ3) is 2.57. The van der Waals surface area contributed by atoms with Crippen molar-refractivity contribution in [2.45, 2.75) is 19.0 Å². The van der Waals surface area contributed by atoms with E-state index in [0.29, 0.717) is 16.4 Å². The van der Waals surface area contributed by atoms with Gasteiger partial charge < -0.3 is 4.74 Å². The standard InChI is InChI=1S/C18H19N3O2S/c1-10-6-7-14(23-4)11(2)15(10)13-8-12-9-19-18(24-5)20-16(12)21(3)17(13)22/h6-9H,1-5H3. The van der Waals surface area contributed by atoms with Crippen molar-refractivity contribution in [1.82, 2.24) is 14.5 Å². The maximum absolute atomic E-state index is 12.9. The summed E-state index contributed by atoms with van der Waals surface area (Å²) in [6, 6.07) is 5.77. The van der Waals surface area contributed by atoms with Gasteiger partial charge in [0.05, 0.1) is 7.11 Å². The molecule has 2 aromatic heterocycles. The number of benzene rings is 1. The first kappa shape index (κ1) is 16.5. The maximum atomic E-state index is 12.9. The molecule has 0 bridgehead atoms. The lowest BCUT2D eigenvalue weighted by molar-refractivity contribution is 0.412. The number of hydrogen-bond donors (Lipinski definition) is 0. The summed E-state index contributed by atoms with van der Waals surface area (Å²) in [6.45, 7) is 3.97. The van der Waals surface area contributed by atoms with Crippen LogP contribution in [0, 0.1) is 13.8 Å². The highest BCUT2D eigenvalue weighted by Crippen LogP contribution is 2.32. The Hall–Kier alpha value is -2.34. The van der Waals surface area contributed by atoms with Gasteiger partial charge in [0, 0.05) is 24.2 Å². The summed E-state index contributed by atoms with van der Waals surface area (Å²) in [7, 11) is 3.38. The van der Waals surface area contributed by atoms with Crippen LogP contribution in [0.5, 0.6) is 5.75 Å². The number of ether oxygens (including phenoxy) is 1. The molecule has 0 radical (unpaired) electrons. The first-order chi connectivity index (χ1) is 11.5. The van der Waals surface area contributed by atoms with Gasteiger partial charge in [-0.25, -0.2) is 9.97 Å². The molecule has 0 amide bonds. The number of thioether (sulfide) groups is 1. The van der Waals surface area contributed by atoms with Gasteiger partial charge in [-0.15, -0.1) is 0 Å². The lowest BCUT2D eigenvalue weighted by atomic mass is 9.95. The number of aryl methyl sites for hydroxylation is 2. The van der Waals surface area contributed by atoms with Crippen molar-refractivity contribution in [2.24, 2.45) is 7.05 Å². The second-order valence-corrected chi connectivity index (χ2v) is 6.42. The number of pyridine rings is 1. The van der Waals surface area contributed by atoms with E-state index in [1.165, 1.54) is 11.8 Å². The lowest BCUT2D eigenvalue weighted by Gasteiger charge is -2.15. The molecule has 5 nitrogen and oxygen atoms in total. The quantitative estimate of drug-likeness (QED) is 0.540.